The second kappa shape index (κ2) is 5.61. The molecule has 116 valence electrons. The second-order valence-corrected chi connectivity index (χ2v) is 6.07. The molecule has 6 nitrogen and oxygen atoms in total. The number of aromatic nitrogens is 1. The van der Waals surface area contributed by atoms with Crippen molar-refractivity contribution < 1.29 is 13.9 Å². The number of rotatable bonds is 4. The van der Waals surface area contributed by atoms with Crippen LogP contribution in [-0.4, -0.2) is 30.8 Å². The molecule has 1 aromatic heterocycles. The van der Waals surface area contributed by atoms with E-state index >= 15 is 0 Å². The molecule has 2 aliphatic rings. The summed E-state index contributed by atoms with van der Waals surface area (Å²) in [5, 5.41) is 5.72. The molecule has 1 saturated heterocycles. The van der Waals surface area contributed by atoms with Gasteiger partial charge in [-0.15, -0.1) is 0 Å². The topological polar surface area (TPSA) is 76.4 Å². The summed E-state index contributed by atoms with van der Waals surface area (Å²) in [6.07, 6.45) is 3.32. The number of carbonyl (C=O) groups excluding carboxylic acids is 1. The third-order valence-electron chi connectivity index (χ3n) is 4.16. The van der Waals surface area contributed by atoms with E-state index in [2.05, 4.69) is 15.6 Å². The highest BCUT2D eigenvalue weighted by molar-refractivity contribution is 5.91. The number of fused-ring (bicyclic) bond motifs is 1. The van der Waals surface area contributed by atoms with E-state index in [1.54, 1.807) is 0 Å². The summed E-state index contributed by atoms with van der Waals surface area (Å²) in [4.78, 5) is 16.4. The van der Waals surface area contributed by atoms with Crippen LogP contribution in [0.25, 0.3) is 11.1 Å². The van der Waals surface area contributed by atoms with E-state index in [0.717, 1.165) is 55.2 Å². The molecular weight excluding hydrogens is 282 g/mol. The number of carbonyl (C=O) groups is 1. The Hall–Kier alpha value is -2.08. The lowest BCUT2D eigenvalue weighted by Gasteiger charge is -2.10. The molecular formula is C16H19N3O3. The van der Waals surface area contributed by atoms with Crippen molar-refractivity contribution in [2.75, 3.05) is 25.1 Å². The number of anilines is 1. The Morgan fingerprint density at radius 3 is 3.00 bits per heavy atom. The molecule has 0 radical (unpaired) electrons. The summed E-state index contributed by atoms with van der Waals surface area (Å²) in [5.74, 6) is 1.73. The maximum absolute atomic E-state index is 11.9. The number of amides is 2. The summed E-state index contributed by atoms with van der Waals surface area (Å²) in [6.45, 7) is 2.17. The van der Waals surface area contributed by atoms with E-state index < -0.39 is 0 Å². The zero-order chi connectivity index (χ0) is 14.9. The summed E-state index contributed by atoms with van der Waals surface area (Å²) in [6, 6.07) is 5.34. The normalized spacial score (nSPS) is 21.2. The van der Waals surface area contributed by atoms with Gasteiger partial charge in [0.1, 0.15) is 5.52 Å². The Morgan fingerprint density at radius 1 is 1.32 bits per heavy atom. The van der Waals surface area contributed by atoms with Crippen LogP contribution >= 0.6 is 0 Å². The van der Waals surface area contributed by atoms with Gasteiger partial charge >= 0.3 is 6.03 Å². The zero-order valence-electron chi connectivity index (χ0n) is 12.3. The molecule has 2 fully saturated rings. The lowest BCUT2D eigenvalue weighted by atomic mass is 10.1. The molecule has 0 bridgehead atoms. The number of hydrogen-bond donors (Lipinski definition) is 2. The molecule has 6 heteroatoms. The molecule has 2 N–H and O–H groups in total. The molecule has 0 unspecified atom stereocenters. The predicted molar refractivity (Wildman–Crippen MR) is 81.9 cm³/mol. The monoisotopic (exact) mass is 301 g/mol. The van der Waals surface area contributed by atoms with Gasteiger partial charge in [0.05, 0.1) is 6.61 Å². The van der Waals surface area contributed by atoms with Gasteiger partial charge in [0.25, 0.3) is 0 Å². The fourth-order valence-corrected chi connectivity index (χ4v) is 2.68. The number of oxazole rings is 1. The average molecular weight is 301 g/mol. The fourth-order valence-electron chi connectivity index (χ4n) is 2.68. The van der Waals surface area contributed by atoms with Gasteiger partial charge in [-0.05, 0) is 37.5 Å². The summed E-state index contributed by atoms with van der Waals surface area (Å²) >= 11 is 0. The van der Waals surface area contributed by atoms with Crippen LogP contribution in [0.2, 0.25) is 0 Å². The van der Waals surface area contributed by atoms with Gasteiger partial charge in [-0.2, -0.15) is 0 Å². The van der Waals surface area contributed by atoms with Gasteiger partial charge < -0.3 is 19.8 Å². The minimum Gasteiger partial charge on any atom is -0.440 e. The standard InChI is InChI=1S/C16H19N3O3/c20-16(17-8-10-5-6-21-9-10)18-12-3-4-14-13(7-12)19-15(22-14)11-1-2-11/h3-4,7,10-11H,1-2,5-6,8-9H2,(H2,17,18,20)/t10-/m1/s1. The van der Waals surface area contributed by atoms with Crippen molar-refractivity contribution in [1.82, 2.24) is 10.3 Å². The third kappa shape index (κ3) is 2.92. The van der Waals surface area contributed by atoms with E-state index in [0.29, 0.717) is 18.4 Å². The molecule has 0 spiro atoms. The van der Waals surface area contributed by atoms with Crippen LogP contribution in [0.4, 0.5) is 10.5 Å². The fraction of sp³-hybridized carbons (Fsp3) is 0.500. The lowest BCUT2D eigenvalue weighted by molar-refractivity contribution is 0.185. The lowest BCUT2D eigenvalue weighted by Crippen LogP contribution is -2.33. The van der Waals surface area contributed by atoms with Crippen LogP contribution in [0.15, 0.2) is 22.6 Å². The van der Waals surface area contributed by atoms with Crippen molar-refractivity contribution in [2.45, 2.75) is 25.2 Å². The van der Waals surface area contributed by atoms with Crippen molar-refractivity contribution in [3.63, 3.8) is 0 Å². The molecule has 2 heterocycles. The molecule has 1 aliphatic carbocycles. The number of ether oxygens (including phenoxy) is 1. The highest BCUT2D eigenvalue weighted by Gasteiger charge is 2.28. The Balaban J connectivity index is 1.38. The average Bonchev–Trinajstić information content (AvgIpc) is 3.08. The highest BCUT2D eigenvalue weighted by Crippen LogP contribution is 2.40. The largest absolute Gasteiger partial charge is 0.440 e. The molecule has 22 heavy (non-hydrogen) atoms. The zero-order valence-corrected chi connectivity index (χ0v) is 12.3. The van der Waals surface area contributed by atoms with Crippen LogP contribution in [0.3, 0.4) is 0 Å². The van der Waals surface area contributed by atoms with Crippen LogP contribution in [0.5, 0.6) is 0 Å². The van der Waals surface area contributed by atoms with Crippen molar-refractivity contribution in [3.8, 4) is 0 Å². The number of hydrogen-bond acceptors (Lipinski definition) is 4. The molecule has 1 saturated carbocycles. The first-order valence-corrected chi connectivity index (χ1v) is 7.81. The summed E-state index contributed by atoms with van der Waals surface area (Å²) in [5.41, 5.74) is 2.29. The number of nitrogens with zero attached hydrogens (tertiary/aromatic N) is 1. The number of nitrogens with one attached hydrogen (secondary N) is 2. The first kappa shape index (κ1) is 13.6. The van der Waals surface area contributed by atoms with Gasteiger partial charge in [0.2, 0.25) is 0 Å². The third-order valence-corrected chi connectivity index (χ3v) is 4.16. The van der Waals surface area contributed by atoms with Gasteiger partial charge in [-0.25, -0.2) is 9.78 Å². The Bertz CT molecular complexity index is 687. The van der Waals surface area contributed by atoms with E-state index in [4.69, 9.17) is 9.15 Å². The van der Waals surface area contributed by atoms with Crippen LogP contribution in [0, 0.1) is 5.92 Å². The van der Waals surface area contributed by atoms with Crippen molar-refractivity contribution in [1.29, 1.82) is 0 Å². The Labute approximate surface area is 128 Å². The minimum atomic E-state index is -0.197. The molecule has 2 aromatic rings. The van der Waals surface area contributed by atoms with E-state index in [-0.39, 0.29) is 6.03 Å². The number of benzene rings is 1. The predicted octanol–water partition coefficient (Wildman–Crippen LogP) is 2.86. The summed E-state index contributed by atoms with van der Waals surface area (Å²) < 4.78 is 11.0. The number of urea groups is 1. The molecule has 4 rings (SSSR count). The highest BCUT2D eigenvalue weighted by atomic mass is 16.5. The van der Waals surface area contributed by atoms with Gasteiger partial charge in [-0.1, -0.05) is 0 Å². The van der Waals surface area contributed by atoms with Crippen molar-refractivity contribution >= 4 is 22.8 Å². The first-order chi connectivity index (χ1) is 10.8. The van der Waals surface area contributed by atoms with Gasteiger partial charge in [0, 0.05) is 30.7 Å². The molecule has 1 aromatic carbocycles. The van der Waals surface area contributed by atoms with Crippen molar-refractivity contribution in [2.24, 2.45) is 5.92 Å². The van der Waals surface area contributed by atoms with E-state index in [1.165, 1.54) is 0 Å². The Kier molecular flexibility index (Phi) is 3.46. The maximum Gasteiger partial charge on any atom is 0.319 e. The minimum absolute atomic E-state index is 0.197. The van der Waals surface area contributed by atoms with Crippen LogP contribution in [0.1, 0.15) is 31.1 Å². The molecule has 1 aliphatic heterocycles. The van der Waals surface area contributed by atoms with Gasteiger partial charge in [0.15, 0.2) is 11.5 Å². The summed E-state index contributed by atoms with van der Waals surface area (Å²) in [7, 11) is 0. The second-order valence-electron chi connectivity index (χ2n) is 6.07. The Morgan fingerprint density at radius 2 is 2.23 bits per heavy atom. The van der Waals surface area contributed by atoms with Crippen LogP contribution in [-0.2, 0) is 4.74 Å². The maximum atomic E-state index is 11.9. The SMILES string of the molecule is O=C(NC[C@H]1CCOC1)Nc1ccc2oc(C3CC3)nc2c1. The quantitative estimate of drug-likeness (QED) is 0.910. The molecule has 1 atom stereocenters. The van der Waals surface area contributed by atoms with E-state index in [1.807, 2.05) is 18.2 Å². The molecule has 2 amide bonds. The van der Waals surface area contributed by atoms with Crippen LogP contribution < -0.4 is 10.6 Å². The van der Waals surface area contributed by atoms with Gasteiger partial charge in [-0.3, -0.25) is 0 Å². The van der Waals surface area contributed by atoms with Crippen molar-refractivity contribution in [3.05, 3.63) is 24.1 Å². The smallest absolute Gasteiger partial charge is 0.319 e. The first-order valence-electron chi connectivity index (χ1n) is 7.81. The van der Waals surface area contributed by atoms with E-state index in [9.17, 15) is 4.79 Å².